The minimum atomic E-state index is -0.676. The van der Waals surface area contributed by atoms with Gasteiger partial charge in [0.05, 0.1) is 16.6 Å². The molecule has 0 aromatic heterocycles. The van der Waals surface area contributed by atoms with E-state index < -0.39 is 22.6 Å². The molecule has 7 nitrogen and oxygen atoms in total. The van der Waals surface area contributed by atoms with Gasteiger partial charge in [-0.2, -0.15) is 0 Å². The smallest absolute Gasteiger partial charge is 0.248 e. The highest BCUT2D eigenvalue weighted by atomic mass is 32.2. The first-order valence-electron chi connectivity index (χ1n) is 14.2. The first-order valence-corrected chi connectivity index (χ1v) is 15.1. The van der Waals surface area contributed by atoms with Crippen LogP contribution in [0.4, 0.5) is 11.4 Å². The first-order chi connectivity index (χ1) is 19.4. The molecule has 208 valence electrons. The Labute approximate surface area is 238 Å². The third-order valence-electron chi connectivity index (χ3n) is 8.91. The number of rotatable bonds is 9. The average Bonchev–Trinajstić information content (AvgIpc) is 3.55. The summed E-state index contributed by atoms with van der Waals surface area (Å²) >= 11 is 1.68. The quantitative estimate of drug-likeness (QED) is 0.325. The van der Waals surface area contributed by atoms with Crippen molar-refractivity contribution in [2.24, 2.45) is 17.8 Å². The molecular formula is C32H35N3O4S. The number of nitrogens with one attached hydrogen (secondary N) is 2. The number of unbranched alkanes of at least 4 members (excludes halogenated alkanes) is 2. The van der Waals surface area contributed by atoms with E-state index in [-0.39, 0.29) is 35.5 Å². The van der Waals surface area contributed by atoms with Crippen molar-refractivity contribution in [1.82, 2.24) is 4.90 Å². The number of carbonyl (C=O) groups is 3. The Balaban J connectivity index is 1.32. The first kappa shape index (κ1) is 26.8. The van der Waals surface area contributed by atoms with Gasteiger partial charge in [0, 0.05) is 29.8 Å². The van der Waals surface area contributed by atoms with Crippen LogP contribution in [0.2, 0.25) is 0 Å². The average molecular weight is 558 g/mol. The van der Waals surface area contributed by atoms with Gasteiger partial charge < -0.3 is 20.6 Å². The molecule has 6 atom stereocenters. The minimum absolute atomic E-state index is 0.0137. The normalized spacial score (nSPS) is 28.6. The SMILES string of the molecule is CC1C[C@H]2SC13C(C(=O)Nc1ccc4ccccc4c1)N(CCCCCO)C(=O)[C@@H]3[C@H]2C(=O)Nc1ccccc1. The summed E-state index contributed by atoms with van der Waals surface area (Å²) in [6.45, 7) is 2.66. The number of carbonyl (C=O) groups excluding carboxylic acids is 3. The van der Waals surface area contributed by atoms with Crippen LogP contribution in [0.5, 0.6) is 0 Å². The number of likely N-dealkylation sites (tertiary alicyclic amines) is 1. The lowest BCUT2D eigenvalue weighted by Crippen LogP contribution is -2.54. The van der Waals surface area contributed by atoms with Crippen molar-refractivity contribution in [3.05, 3.63) is 72.8 Å². The molecule has 3 amide bonds. The molecule has 2 bridgehead atoms. The van der Waals surface area contributed by atoms with Crippen molar-refractivity contribution in [2.45, 2.75) is 48.6 Å². The van der Waals surface area contributed by atoms with Gasteiger partial charge in [0.25, 0.3) is 0 Å². The van der Waals surface area contributed by atoms with E-state index in [1.54, 1.807) is 16.7 Å². The van der Waals surface area contributed by atoms with Crippen LogP contribution in [0.25, 0.3) is 10.8 Å². The monoisotopic (exact) mass is 557 g/mol. The standard InChI is InChI=1S/C32H35N3O4S/c1-20-18-25-26(29(37)33-23-12-4-2-5-13-23)27-31(39)35(16-8-3-9-17-36)28(32(20,27)40-25)30(38)34-24-15-14-21-10-6-7-11-22(21)19-24/h2,4-7,10-15,19-20,25-28,36H,3,8-9,16-18H2,1H3,(H,33,37)(H,34,38)/t20?,25-,26+,27+,28?,32?/m1/s1. The summed E-state index contributed by atoms with van der Waals surface area (Å²) in [5.74, 6) is -1.39. The summed E-state index contributed by atoms with van der Waals surface area (Å²) in [6.07, 6.45) is 2.90. The lowest BCUT2D eigenvalue weighted by molar-refractivity contribution is -0.138. The number of hydrogen-bond donors (Lipinski definition) is 3. The van der Waals surface area contributed by atoms with E-state index in [1.807, 2.05) is 72.8 Å². The van der Waals surface area contributed by atoms with E-state index in [0.717, 1.165) is 23.6 Å². The van der Waals surface area contributed by atoms with Gasteiger partial charge in [0.1, 0.15) is 6.04 Å². The van der Waals surface area contributed by atoms with E-state index >= 15 is 0 Å². The highest BCUT2D eigenvalue weighted by Crippen LogP contribution is 2.68. The second kappa shape index (κ2) is 10.9. The minimum Gasteiger partial charge on any atom is -0.396 e. The molecular weight excluding hydrogens is 522 g/mol. The fraction of sp³-hybridized carbons (Fsp3) is 0.406. The number of aliphatic hydroxyl groups is 1. The van der Waals surface area contributed by atoms with Crippen molar-refractivity contribution >= 4 is 51.6 Å². The summed E-state index contributed by atoms with van der Waals surface area (Å²) < 4.78 is -0.668. The third-order valence-corrected chi connectivity index (χ3v) is 11.0. The Hall–Kier alpha value is -3.36. The summed E-state index contributed by atoms with van der Waals surface area (Å²) in [5.41, 5.74) is 1.40. The van der Waals surface area contributed by atoms with Gasteiger partial charge in [-0.25, -0.2) is 0 Å². The fourth-order valence-corrected chi connectivity index (χ4v) is 9.58. The van der Waals surface area contributed by atoms with Crippen molar-refractivity contribution in [2.75, 3.05) is 23.8 Å². The van der Waals surface area contributed by atoms with Gasteiger partial charge in [-0.05, 0) is 66.6 Å². The molecule has 0 saturated carbocycles. The van der Waals surface area contributed by atoms with Gasteiger partial charge >= 0.3 is 0 Å². The highest BCUT2D eigenvalue weighted by Gasteiger charge is 2.75. The number of para-hydroxylation sites is 1. The summed E-state index contributed by atoms with van der Waals surface area (Å²) in [7, 11) is 0. The van der Waals surface area contributed by atoms with Crippen LogP contribution in [0, 0.1) is 17.8 Å². The molecule has 3 fully saturated rings. The second-order valence-electron chi connectivity index (χ2n) is 11.3. The zero-order valence-corrected chi connectivity index (χ0v) is 23.4. The molecule has 0 radical (unpaired) electrons. The summed E-state index contributed by atoms with van der Waals surface area (Å²) in [4.78, 5) is 43.8. The molecule has 3 saturated heterocycles. The van der Waals surface area contributed by atoms with Gasteiger partial charge in [-0.3, -0.25) is 14.4 Å². The second-order valence-corrected chi connectivity index (χ2v) is 12.8. The number of anilines is 2. The van der Waals surface area contributed by atoms with Crippen LogP contribution in [-0.2, 0) is 14.4 Å². The fourth-order valence-electron chi connectivity index (χ4n) is 7.16. The number of aliphatic hydroxyl groups excluding tert-OH is 1. The molecule has 3 N–H and O–H groups in total. The number of nitrogens with zero attached hydrogens (tertiary/aromatic N) is 1. The predicted molar refractivity (Wildman–Crippen MR) is 159 cm³/mol. The van der Waals surface area contributed by atoms with Gasteiger partial charge in [0.15, 0.2) is 0 Å². The van der Waals surface area contributed by atoms with Crippen LogP contribution in [0.3, 0.4) is 0 Å². The van der Waals surface area contributed by atoms with Crippen molar-refractivity contribution in [3.8, 4) is 0 Å². The van der Waals surface area contributed by atoms with Crippen LogP contribution in [0.1, 0.15) is 32.6 Å². The molecule has 1 spiro atoms. The highest BCUT2D eigenvalue weighted by molar-refractivity contribution is 8.02. The summed E-state index contributed by atoms with van der Waals surface area (Å²) in [5, 5.41) is 17.5. The maximum Gasteiger partial charge on any atom is 0.248 e. The Morgan fingerprint density at radius 2 is 1.65 bits per heavy atom. The number of thioether (sulfide) groups is 1. The number of amides is 3. The molecule has 0 aliphatic carbocycles. The van der Waals surface area contributed by atoms with Crippen LogP contribution in [-0.4, -0.2) is 56.9 Å². The topological polar surface area (TPSA) is 98.7 Å². The van der Waals surface area contributed by atoms with E-state index in [4.69, 9.17) is 0 Å². The van der Waals surface area contributed by atoms with Crippen LogP contribution >= 0.6 is 11.8 Å². The van der Waals surface area contributed by atoms with Gasteiger partial charge in [-0.1, -0.05) is 55.5 Å². The Kier molecular flexibility index (Phi) is 7.31. The van der Waals surface area contributed by atoms with Crippen LogP contribution in [0.15, 0.2) is 72.8 Å². The largest absolute Gasteiger partial charge is 0.396 e. The van der Waals surface area contributed by atoms with Crippen LogP contribution < -0.4 is 10.6 Å². The Bertz CT molecular complexity index is 1430. The molecule has 3 heterocycles. The predicted octanol–water partition coefficient (Wildman–Crippen LogP) is 4.92. The Morgan fingerprint density at radius 1 is 0.925 bits per heavy atom. The number of hydrogen-bond acceptors (Lipinski definition) is 5. The molecule has 8 heteroatoms. The van der Waals surface area contributed by atoms with E-state index in [9.17, 15) is 19.5 Å². The van der Waals surface area contributed by atoms with E-state index in [0.29, 0.717) is 30.8 Å². The molecule has 3 aromatic rings. The summed E-state index contributed by atoms with van der Waals surface area (Å²) in [6, 6.07) is 22.5. The number of fused-ring (bicyclic) bond motifs is 2. The van der Waals surface area contributed by atoms with Crippen molar-refractivity contribution < 1.29 is 19.5 Å². The van der Waals surface area contributed by atoms with Crippen molar-refractivity contribution in [1.29, 1.82) is 0 Å². The lowest BCUT2D eigenvalue weighted by atomic mass is 9.66. The maximum atomic E-state index is 14.2. The zero-order chi connectivity index (χ0) is 27.9. The van der Waals surface area contributed by atoms with Gasteiger partial charge in [-0.15, -0.1) is 11.8 Å². The molecule has 3 aromatic carbocycles. The molecule has 3 unspecified atom stereocenters. The Morgan fingerprint density at radius 3 is 2.42 bits per heavy atom. The van der Waals surface area contributed by atoms with Gasteiger partial charge in [0.2, 0.25) is 17.7 Å². The maximum absolute atomic E-state index is 14.2. The molecule has 6 rings (SSSR count). The number of benzene rings is 3. The zero-order valence-electron chi connectivity index (χ0n) is 22.6. The molecule has 3 aliphatic rings. The lowest BCUT2D eigenvalue weighted by Gasteiger charge is -2.38. The molecule has 3 aliphatic heterocycles. The third kappa shape index (κ3) is 4.47. The van der Waals surface area contributed by atoms with Crippen molar-refractivity contribution in [3.63, 3.8) is 0 Å². The molecule has 40 heavy (non-hydrogen) atoms. The van der Waals surface area contributed by atoms with E-state index in [1.165, 1.54) is 0 Å². The van der Waals surface area contributed by atoms with E-state index in [2.05, 4.69) is 17.6 Å².